The summed E-state index contributed by atoms with van der Waals surface area (Å²) in [5.41, 5.74) is 3.51. The van der Waals surface area contributed by atoms with E-state index in [1.54, 1.807) is 17.7 Å². The van der Waals surface area contributed by atoms with Gasteiger partial charge in [0.25, 0.3) is 5.91 Å². The highest BCUT2D eigenvalue weighted by Gasteiger charge is 2.22. The number of rotatable bonds is 4. The molecule has 0 saturated heterocycles. The lowest BCUT2D eigenvalue weighted by atomic mass is 9.93. The Morgan fingerprint density at radius 3 is 2.37 bits per heavy atom. The number of nitrogens with one attached hydrogen (secondary N) is 1. The molecule has 0 aliphatic heterocycles. The fourth-order valence-electron chi connectivity index (χ4n) is 2.75. The molecule has 27 heavy (non-hydrogen) atoms. The molecule has 6 heteroatoms. The third-order valence-corrected chi connectivity index (χ3v) is 4.23. The number of benzene rings is 1. The molecule has 0 aliphatic carbocycles. The normalized spacial score (nSPS) is 11.8. The third-order valence-electron chi connectivity index (χ3n) is 4.23. The zero-order chi connectivity index (χ0) is 19.8. The Balaban J connectivity index is 2.18. The number of carbonyl (C=O) groups excluding carboxylic acids is 1. The molecule has 2 aromatic heterocycles. The molecule has 1 N–H and O–H groups in total. The number of hydrogen-bond donors (Lipinski definition) is 1. The van der Waals surface area contributed by atoms with Crippen molar-refractivity contribution in [2.45, 2.75) is 46.1 Å². The average Bonchev–Trinajstić information content (AvgIpc) is 3.05. The standard InChI is InChI=1S/C21H26N4O2/c1-13(2)22-20(26)17-11-16(14-7-9-15(27-6)10-8-14)23-19-12-18(21(3,4)5)24-25(17)19/h7-13H,1-6H3,(H,22,26). The Kier molecular flexibility index (Phi) is 4.91. The number of aromatic nitrogens is 3. The van der Waals surface area contributed by atoms with Crippen molar-refractivity contribution < 1.29 is 9.53 Å². The van der Waals surface area contributed by atoms with E-state index in [1.165, 1.54) is 0 Å². The van der Waals surface area contributed by atoms with E-state index in [0.717, 1.165) is 22.7 Å². The second-order valence-electron chi connectivity index (χ2n) is 7.93. The highest BCUT2D eigenvalue weighted by molar-refractivity contribution is 5.94. The monoisotopic (exact) mass is 366 g/mol. The van der Waals surface area contributed by atoms with Crippen LogP contribution in [0, 0.1) is 0 Å². The first kappa shape index (κ1) is 18.9. The lowest BCUT2D eigenvalue weighted by Gasteiger charge is -2.14. The van der Waals surface area contributed by atoms with Crippen molar-refractivity contribution in [3.63, 3.8) is 0 Å². The van der Waals surface area contributed by atoms with E-state index in [4.69, 9.17) is 9.72 Å². The van der Waals surface area contributed by atoms with Gasteiger partial charge in [-0.25, -0.2) is 9.50 Å². The van der Waals surface area contributed by atoms with Gasteiger partial charge < -0.3 is 10.1 Å². The van der Waals surface area contributed by atoms with Crippen LogP contribution < -0.4 is 10.1 Å². The Bertz CT molecular complexity index is 966. The molecule has 1 amide bonds. The maximum atomic E-state index is 12.8. The topological polar surface area (TPSA) is 68.5 Å². The molecule has 1 aromatic carbocycles. The summed E-state index contributed by atoms with van der Waals surface area (Å²) in [5.74, 6) is 0.604. The molecule has 2 heterocycles. The number of ether oxygens (including phenoxy) is 1. The van der Waals surface area contributed by atoms with Gasteiger partial charge in [0.1, 0.15) is 11.4 Å². The van der Waals surface area contributed by atoms with Gasteiger partial charge >= 0.3 is 0 Å². The van der Waals surface area contributed by atoms with Crippen LogP contribution in [0.1, 0.15) is 50.8 Å². The molecule has 0 fully saturated rings. The molecule has 142 valence electrons. The fourth-order valence-corrected chi connectivity index (χ4v) is 2.75. The van der Waals surface area contributed by atoms with Gasteiger partial charge in [0.15, 0.2) is 5.65 Å². The van der Waals surface area contributed by atoms with Crippen LogP contribution in [0.3, 0.4) is 0 Å². The van der Waals surface area contributed by atoms with E-state index in [-0.39, 0.29) is 17.4 Å². The summed E-state index contributed by atoms with van der Waals surface area (Å²) in [6.07, 6.45) is 0. The number of fused-ring (bicyclic) bond motifs is 1. The molecule has 0 radical (unpaired) electrons. The first-order chi connectivity index (χ1) is 12.7. The molecule has 0 spiro atoms. The van der Waals surface area contributed by atoms with Crippen molar-refractivity contribution in [1.29, 1.82) is 0 Å². The van der Waals surface area contributed by atoms with Crippen LogP contribution in [0.4, 0.5) is 0 Å². The molecular formula is C21H26N4O2. The Labute approximate surface area is 159 Å². The maximum Gasteiger partial charge on any atom is 0.270 e. The van der Waals surface area contributed by atoms with Crippen LogP contribution in [0.2, 0.25) is 0 Å². The van der Waals surface area contributed by atoms with Crippen molar-refractivity contribution in [3.8, 4) is 17.0 Å². The van der Waals surface area contributed by atoms with Gasteiger partial charge in [-0.2, -0.15) is 5.10 Å². The zero-order valence-electron chi connectivity index (χ0n) is 16.7. The first-order valence-corrected chi connectivity index (χ1v) is 9.05. The number of hydrogen-bond acceptors (Lipinski definition) is 4. The minimum absolute atomic E-state index is 0.0304. The van der Waals surface area contributed by atoms with Gasteiger partial charge in [-0.1, -0.05) is 20.8 Å². The maximum absolute atomic E-state index is 12.8. The van der Waals surface area contributed by atoms with Gasteiger partial charge in [0.2, 0.25) is 0 Å². The van der Waals surface area contributed by atoms with Crippen molar-refractivity contribution in [2.24, 2.45) is 0 Å². The molecule has 3 aromatic rings. The largest absolute Gasteiger partial charge is 0.497 e. The van der Waals surface area contributed by atoms with Crippen LogP contribution in [0.25, 0.3) is 16.9 Å². The van der Waals surface area contributed by atoms with Gasteiger partial charge in [-0.15, -0.1) is 0 Å². The number of amides is 1. The molecule has 0 unspecified atom stereocenters. The minimum atomic E-state index is -0.171. The van der Waals surface area contributed by atoms with Crippen LogP contribution in [0.15, 0.2) is 36.4 Å². The number of carbonyl (C=O) groups is 1. The Hall–Kier alpha value is -2.89. The highest BCUT2D eigenvalue weighted by Crippen LogP contribution is 2.26. The predicted molar refractivity (Wildman–Crippen MR) is 106 cm³/mol. The summed E-state index contributed by atoms with van der Waals surface area (Å²) >= 11 is 0. The van der Waals surface area contributed by atoms with E-state index in [1.807, 2.05) is 44.2 Å². The van der Waals surface area contributed by atoms with Gasteiger partial charge in [-0.3, -0.25) is 4.79 Å². The molecule has 3 rings (SSSR count). The average molecular weight is 366 g/mol. The van der Waals surface area contributed by atoms with Crippen LogP contribution >= 0.6 is 0 Å². The molecule has 0 aliphatic rings. The third kappa shape index (κ3) is 3.94. The molecule has 0 atom stereocenters. The predicted octanol–water partition coefficient (Wildman–Crippen LogP) is 3.84. The summed E-state index contributed by atoms with van der Waals surface area (Å²) in [7, 11) is 1.63. The van der Waals surface area contributed by atoms with E-state index in [9.17, 15) is 4.79 Å². The van der Waals surface area contributed by atoms with Crippen molar-refractivity contribution in [3.05, 3.63) is 47.8 Å². The Morgan fingerprint density at radius 1 is 1.15 bits per heavy atom. The SMILES string of the molecule is COc1ccc(-c2cc(C(=O)NC(C)C)n3nc(C(C)(C)C)cc3n2)cc1. The number of methoxy groups -OCH3 is 1. The quantitative estimate of drug-likeness (QED) is 0.762. The summed E-state index contributed by atoms with van der Waals surface area (Å²) in [6.45, 7) is 10.1. The lowest BCUT2D eigenvalue weighted by molar-refractivity contribution is 0.0935. The smallest absolute Gasteiger partial charge is 0.270 e. The van der Waals surface area contributed by atoms with Crippen LogP contribution in [-0.4, -0.2) is 33.7 Å². The van der Waals surface area contributed by atoms with Crippen molar-refractivity contribution in [2.75, 3.05) is 7.11 Å². The van der Waals surface area contributed by atoms with E-state index in [0.29, 0.717) is 11.3 Å². The summed E-state index contributed by atoms with van der Waals surface area (Å²) in [6, 6.07) is 11.4. The van der Waals surface area contributed by atoms with Crippen molar-refractivity contribution >= 4 is 11.6 Å². The first-order valence-electron chi connectivity index (χ1n) is 9.05. The Morgan fingerprint density at radius 2 is 1.81 bits per heavy atom. The molecule has 0 saturated carbocycles. The summed E-state index contributed by atoms with van der Waals surface area (Å²) < 4.78 is 6.85. The summed E-state index contributed by atoms with van der Waals surface area (Å²) in [5, 5.41) is 7.60. The van der Waals surface area contributed by atoms with Crippen molar-refractivity contribution in [1.82, 2.24) is 19.9 Å². The van der Waals surface area contributed by atoms with Gasteiger partial charge in [0, 0.05) is 23.1 Å². The fraction of sp³-hybridized carbons (Fsp3) is 0.381. The van der Waals surface area contributed by atoms with E-state index >= 15 is 0 Å². The van der Waals surface area contributed by atoms with Gasteiger partial charge in [-0.05, 0) is 44.2 Å². The van der Waals surface area contributed by atoms with Crippen LogP contribution in [0.5, 0.6) is 5.75 Å². The molecular weight excluding hydrogens is 340 g/mol. The molecule has 0 bridgehead atoms. The zero-order valence-corrected chi connectivity index (χ0v) is 16.7. The molecule has 6 nitrogen and oxygen atoms in total. The second-order valence-corrected chi connectivity index (χ2v) is 7.93. The lowest BCUT2D eigenvalue weighted by Crippen LogP contribution is -2.32. The van der Waals surface area contributed by atoms with E-state index in [2.05, 4.69) is 31.2 Å². The minimum Gasteiger partial charge on any atom is -0.497 e. The summed E-state index contributed by atoms with van der Waals surface area (Å²) in [4.78, 5) is 17.5. The highest BCUT2D eigenvalue weighted by atomic mass is 16.5. The van der Waals surface area contributed by atoms with E-state index < -0.39 is 0 Å². The van der Waals surface area contributed by atoms with Crippen LogP contribution in [-0.2, 0) is 5.41 Å². The number of nitrogens with zero attached hydrogens (tertiary/aromatic N) is 3. The van der Waals surface area contributed by atoms with Gasteiger partial charge in [0.05, 0.1) is 18.5 Å². The second kappa shape index (κ2) is 7.02.